The monoisotopic (exact) mass is 502 g/mol. The van der Waals surface area contributed by atoms with Gasteiger partial charge in [-0.1, -0.05) is 22.4 Å². The SMILES string of the molecule is CNOC.CON(C)C(=O)c1noc2c(F)cccc12.Cl.O=C(O)c1noc2c(F)cccc12. The van der Waals surface area contributed by atoms with Gasteiger partial charge >= 0.3 is 5.97 Å². The van der Waals surface area contributed by atoms with Crippen molar-refractivity contribution >= 4 is 46.2 Å². The van der Waals surface area contributed by atoms with Gasteiger partial charge in [-0.3, -0.25) is 9.63 Å². The third-order valence-electron chi connectivity index (χ3n) is 4.07. The van der Waals surface area contributed by atoms with E-state index in [-0.39, 0.29) is 40.3 Å². The molecule has 2 aromatic carbocycles. The molecule has 11 nitrogen and oxygen atoms in total. The van der Waals surface area contributed by atoms with Gasteiger partial charge in [-0.05, 0) is 24.3 Å². The summed E-state index contributed by atoms with van der Waals surface area (Å²) in [6, 6.07) is 8.31. The van der Waals surface area contributed by atoms with Gasteiger partial charge in [0, 0.05) is 14.1 Å². The molecule has 0 radical (unpaired) electrons. The second-order valence-corrected chi connectivity index (χ2v) is 5.99. The Bertz CT molecular complexity index is 1250. The van der Waals surface area contributed by atoms with Crippen molar-refractivity contribution in [3.05, 3.63) is 59.4 Å². The zero-order valence-electron chi connectivity index (χ0n) is 18.4. The van der Waals surface area contributed by atoms with Crippen LogP contribution in [0.4, 0.5) is 8.78 Å². The quantitative estimate of drug-likeness (QED) is 0.398. The lowest BCUT2D eigenvalue weighted by Crippen LogP contribution is -2.25. The molecule has 14 heteroatoms. The van der Waals surface area contributed by atoms with E-state index in [2.05, 4.69) is 25.2 Å². The molecule has 2 aromatic heterocycles. The topological polar surface area (TPSA) is 140 Å². The summed E-state index contributed by atoms with van der Waals surface area (Å²) in [6.07, 6.45) is 0. The Balaban J connectivity index is 0.000000291. The molecule has 184 valence electrons. The number of carbonyl (C=O) groups is 2. The summed E-state index contributed by atoms with van der Waals surface area (Å²) in [6.45, 7) is 0. The highest BCUT2D eigenvalue weighted by Crippen LogP contribution is 2.22. The lowest BCUT2D eigenvalue weighted by atomic mass is 10.2. The zero-order valence-corrected chi connectivity index (χ0v) is 19.2. The van der Waals surface area contributed by atoms with Gasteiger partial charge in [-0.25, -0.2) is 24.1 Å². The first kappa shape index (κ1) is 28.4. The third kappa shape index (κ3) is 6.45. The lowest BCUT2D eigenvalue weighted by molar-refractivity contribution is -0.0761. The van der Waals surface area contributed by atoms with E-state index in [4.69, 9.17) is 14.5 Å². The molecule has 0 atom stereocenters. The first-order chi connectivity index (χ1) is 15.8. The number of hydroxylamine groups is 3. The number of benzene rings is 2. The molecule has 2 heterocycles. The molecule has 4 rings (SSSR count). The van der Waals surface area contributed by atoms with E-state index in [1.165, 1.54) is 44.5 Å². The van der Waals surface area contributed by atoms with Crippen LogP contribution in [0, 0.1) is 11.6 Å². The number of nitrogens with zero attached hydrogens (tertiary/aromatic N) is 3. The molecule has 0 spiro atoms. The van der Waals surface area contributed by atoms with Crippen LogP contribution >= 0.6 is 12.4 Å². The number of fused-ring (bicyclic) bond motifs is 2. The average molecular weight is 503 g/mol. The van der Waals surface area contributed by atoms with Crippen molar-refractivity contribution in [3.63, 3.8) is 0 Å². The Morgan fingerprint density at radius 3 is 1.82 bits per heavy atom. The van der Waals surface area contributed by atoms with Gasteiger partial charge in [0.15, 0.2) is 23.0 Å². The van der Waals surface area contributed by atoms with E-state index < -0.39 is 23.5 Å². The highest BCUT2D eigenvalue weighted by Gasteiger charge is 2.21. The van der Waals surface area contributed by atoms with Crippen molar-refractivity contribution < 1.29 is 42.2 Å². The standard InChI is InChI=1S/C10H9FN2O3.C8H4FNO3.C2H7NO.ClH/c1-13(15-2)10(14)8-6-4-3-5-7(11)9(6)16-12-8;9-5-3-1-2-4-6(8(11)12)10-13-7(4)5;1-3-4-2;/h3-5H,1-2H3;1-3H,(H,11,12);3H,1-2H3;1H. The molecule has 0 saturated heterocycles. The summed E-state index contributed by atoms with van der Waals surface area (Å²) in [4.78, 5) is 31.3. The minimum absolute atomic E-state index is 0. The summed E-state index contributed by atoms with van der Waals surface area (Å²) in [5.41, 5.74) is 2.03. The second-order valence-electron chi connectivity index (χ2n) is 5.99. The predicted molar refractivity (Wildman–Crippen MR) is 117 cm³/mol. The van der Waals surface area contributed by atoms with E-state index in [0.717, 1.165) is 5.06 Å². The number of para-hydroxylation sites is 2. The van der Waals surface area contributed by atoms with Crippen molar-refractivity contribution in [2.45, 2.75) is 0 Å². The number of aromatic nitrogens is 2. The molecule has 0 aliphatic rings. The molecule has 0 saturated carbocycles. The number of halogens is 3. The van der Waals surface area contributed by atoms with Gasteiger partial charge in [0.25, 0.3) is 5.91 Å². The van der Waals surface area contributed by atoms with Gasteiger partial charge in [0.2, 0.25) is 11.2 Å². The summed E-state index contributed by atoms with van der Waals surface area (Å²) in [7, 11) is 6.06. The third-order valence-corrected chi connectivity index (χ3v) is 4.07. The van der Waals surface area contributed by atoms with Crippen LogP contribution in [0.15, 0.2) is 45.4 Å². The molecule has 0 bridgehead atoms. The summed E-state index contributed by atoms with van der Waals surface area (Å²) < 4.78 is 35.5. The molecule has 0 aliphatic heterocycles. The van der Waals surface area contributed by atoms with E-state index in [1.807, 2.05) is 0 Å². The number of rotatable bonds is 4. The molecule has 0 fully saturated rings. The maximum Gasteiger partial charge on any atom is 0.358 e. The van der Waals surface area contributed by atoms with Crippen LogP contribution in [0.25, 0.3) is 21.9 Å². The van der Waals surface area contributed by atoms with E-state index in [9.17, 15) is 18.4 Å². The molecule has 1 amide bonds. The van der Waals surface area contributed by atoms with Crippen LogP contribution in [-0.2, 0) is 9.68 Å². The van der Waals surface area contributed by atoms with Crippen LogP contribution in [-0.4, -0.2) is 60.7 Å². The highest BCUT2D eigenvalue weighted by molar-refractivity contribution is 6.03. The van der Waals surface area contributed by atoms with Crippen LogP contribution in [0.3, 0.4) is 0 Å². The van der Waals surface area contributed by atoms with Crippen LogP contribution in [0.2, 0.25) is 0 Å². The largest absolute Gasteiger partial charge is 0.476 e. The van der Waals surface area contributed by atoms with Gasteiger partial charge in [0.05, 0.1) is 25.0 Å². The highest BCUT2D eigenvalue weighted by atomic mass is 35.5. The zero-order chi connectivity index (χ0) is 24.5. The van der Waals surface area contributed by atoms with Gasteiger partial charge in [-0.2, -0.15) is 0 Å². The van der Waals surface area contributed by atoms with Crippen molar-refractivity contribution in [1.29, 1.82) is 0 Å². The normalized spacial score (nSPS) is 9.94. The Kier molecular flexibility index (Phi) is 11.0. The average Bonchev–Trinajstić information content (AvgIpc) is 3.45. The molecular weight excluding hydrogens is 482 g/mol. The maximum absolute atomic E-state index is 13.3. The first-order valence-electron chi connectivity index (χ1n) is 9.09. The minimum atomic E-state index is -1.23. The number of amides is 1. The van der Waals surface area contributed by atoms with Gasteiger partial charge < -0.3 is 19.0 Å². The van der Waals surface area contributed by atoms with Crippen molar-refractivity contribution in [1.82, 2.24) is 20.9 Å². The van der Waals surface area contributed by atoms with Gasteiger partial charge in [-0.15, -0.1) is 12.4 Å². The van der Waals surface area contributed by atoms with Crippen LogP contribution < -0.4 is 5.48 Å². The lowest BCUT2D eigenvalue weighted by Gasteiger charge is -2.10. The molecule has 0 unspecified atom stereocenters. The number of nitrogens with one attached hydrogen (secondary N) is 1. The summed E-state index contributed by atoms with van der Waals surface area (Å²) in [5, 5.41) is 16.9. The van der Waals surface area contributed by atoms with Crippen molar-refractivity contribution in [3.8, 4) is 0 Å². The molecular formula is C20H21ClF2N4O7. The van der Waals surface area contributed by atoms with E-state index in [0.29, 0.717) is 5.39 Å². The Morgan fingerprint density at radius 2 is 1.41 bits per heavy atom. The fourth-order valence-corrected chi connectivity index (χ4v) is 2.40. The fourth-order valence-electron chi connectivity index (χ4n) is 2.40. The first-order valence-corrected chi connectivity index (χ1v) is 9.09. The number of carboxylic acids is 1. The van der Waals surface area contributed by atoms with Crippen molar-refractivity contribution in [2.24, 2.45) is 0 Å². The summed E-state index contributed by atoms with van der Waals surface area (Å²) in [5.74, 6) is -2.89. The van der Waals surface area contributed by atoms with Gasteiger partial charge in [0.1, 0.15) is 0 Å². The van der Waals surface area contributed by atoms with E-state index >= 15 is 0 Å². The molecule has 2 N–H and O–H groups in total. The minimum Gasteiger partial charge on any atom is -0.476 e. The van der Waals surface area contributed by atoms with E-state index in [1.54, 1.807) is 20.2 Å². The fraction of sp³-hybridized carbons (Fsp3) is 0.200. The molecule has 4 aromatic rings. The number of hydrogen-bond acceptors (Lipinski definition) is 9. The molecule has 0 aliphatic carbocycles. The number of carbonyl (C=O) groups excluding carboxylic acids is 1. The second kappa shape index (κ2) is 13.2. The maximum atomic E-state index is 13.3. The predicted octanol–water partition coefficient (Wildman–Crippen LogP) is 3.45. The Hall–Kier alpha value is -3.65. The van der Waals surface area contributed by atoms with Crippen LogP contribution in [0.5, 0.6) is 0 Å². The molecule has 34 heavy (non-hydrogen) atoms. The van der Waals surface area contributed by atoms with Crippen LogP contribution in [0.1, 0.15) is 21.0 Å². The summed E-state index contributed by atoms with van der Waals surface area (Å²) >= 11 is 0. The number of aromatic carboxylic acids is 1. The number of hydrogen-bond donors (Lipinski definition) is 2. The Labute approximate surface area is 197 Å². The number of carboxylic acid groups (broad SMARTS) is 1. The Morgan fingerprint density at radius 1 is 0.971 bits per heavy atom. The smallest absolute Gasteiger partial charge is 0.358 e. The van der Waals surface area contributed by atoms with Crippen molar-refractivity contribution in [2.75, 3.05) is 28.3 Å².